The highest BCUT2D eigenvalue weighted by Crippen LogP contribution is 2.55. The van der Waals surface area contributed by atoms with Crippen LogP contribution in [0.2, 0.25) is 0 Å². The zero-order chi connectivity index (χ0) is 26.3. The highest BCUT2D eigenvalue weighted by atomic mass is 16.5. The molecule has 1 spiro atoms. The molecule has 8 nitrogen and oxygen atoms in total. The number of ether oxygens (including phenoxy) is 2. The Labute approximate surface area is 222 Å². The van der Waals surface area contributed by atoms with Gasteiger partial charge in [-0.3, -0.25) is 14.4 Å². The van der Waals surface area contributed by atoms with Crippen molar-refractivity contribution in [1.29, 1.82) is 0 Å². The SMILES string of the molecule is COc1ccc(NC(=O)[C@@H]2[C@@H]3C=C[C@]4(O3)[C@@H]2C(=O)N(Cc2ccccc2)[C@H]4C(=O)NC2CCCCC2)cc1. The quantitative estimate of drug-likeness (QED) is 0.551. The van der Waals surface area contributed by atoms with Crippen LogP contribution in [0, 0.1) is 11.8 Å². The molecule has 8 heteroatoms. The molecule has 2 N–H and O–H groups in total. The molecule has 2 bridgehead atoms. The van der Waals surface area contributed by atoms with Gasteiger partial charge in [-0.15, -0.1) is 0 Å². The van der Waals surface area contributed by atoms with Crippen molar-refractivity contribution in [3.8, 4) is 5.75 Å². The molecule has 2 aromatic rings. The Bertz CT molecular complexity index is 1240. The van der Waals surface area contributed by atoms with E-state index in [9.17, 15) is 14.4 Å². The first-order valence-electron chi connectivity index (χ1n) is 13.5. The topological polar surface area (TPSA) is 97.0 Å². The molecule has 38 heavy (non-hydrogen) atoms. The van der Waals surface area contributed by atoms with E-state index in [4.69, 9.17) is 9.47 Å². The maximum absolute atomic E-state index is 14.1. The molecule has 3 amide bonds. The summed E-state index contributed by atoms with van der Waals surface area (Å²) in [6, 6.07) is 15.9. The monoisotopic (exact) mass is 515 g/mol. The summed E-state index contributed by atoms with van der Waals surface area (Å²) in [6.45, 7) is 0.273. The van der Waals surface area contributed by atoms with Gasteiger partial charge >= 0.3 is 0 Å². The number of benzene rings is 2. The van der Waals surface area contributed by atoms with Crippen molar-refractivity contribution < 1.29 is 23.9 Å². The van der Waals surface area contributed by atoms with Gasteiger partial charge < -0.3 is 25.0 Å². The first kappa shape index (κ1) is 24.7. The molecule has 4 aliphatic rings. The van der Waals surface area contributed by atoms with Crippen LogP contribution in [0.3, 0.4) is 0 Å². The van der Waals surface area contributed by atoms with Gasteiger partial charge in [-0.2, -0.15) is 0 Å². The molecular formula is C30H33N3O5. The van der Waals surface area contributed by atoms with E-state index in [0.29, 0.717) is 11.4 Å². The summed E-state index contributed by atoms with van der Waals surface area (Å²) in [5, 5.41) is 6.17. The molecule has 0 unspecified atom stereocenters. The Balaban J connectivity index is 1.30. The van der Waals surface area contributed by atoms with Gasteiger partial charge in [0.1, 0.15) is 17.4 Å². The number of hydrogen-bond donors (Lipinski definition) is 2. The molecule has 3 fully saturated rings. The standard InChI is InChI=1S/C30H33N3O5/c1-37-22-14-12-21(13-15-22)31-27(34)24-23-16-17-30(38-23)25(24)29(36)33(18-19-8-4-2-5-9-19)26(30)28(35)32-20-10-6-3-7-11-20/h2,4-5,8-9,12-17,20,23-26H,3,6-7,10-11,18H2,1H3,(H,31,34)(H,32,35)/t23-,24+,25-,26-,30-/m0/s1. The lowest BCUT2D eigenvalue weighted by Gasteiger charge is -2.34. The minimum absolute atomic E-state index is 0.0946. The van der Waals surface area contributed by atoms with Gasteiger partial charge in [0, 0.05) is 18.3 Å². The van der Waals surface area contributed by atoms with Crippen LogP contribution < -0.4 is 15.4 Å². The summed E-state index contributed by atoms with van der Waals surface area (Å²) in [5.74, 6) is -1.55. The van der Waals surface area contributed by atoms with Gasteiger partial charge in [0.25, 0.3) is 0 Å². The Morgan fingerprint density at radius 3 is 2.47 bits per heavy atom. The maximum atomic E-state index is 14.1. The number of carbonyl (C=O) groups is 3. The molecule has 1 saturated carbocycles. The molecule has 2 aromatic carbocycles. The second kappa shape index (κ2) is 9.91. The maximum Gasteiger partial charge on any atom is 0.246 e. The first-order chi connectivity index (χ1) is 18.5. The number of hydrogen-bond acceptors (Lipinski definition) is 5. The van der Waals surface area contributed by atoms with Crippen LogP contribution in [-0.4, -0.2) is 53.5 Å². The summed E-state index contributed by atoms with van der Waals surface area (Å²) in [4.78, 5) is 43.1. The van der Waals surface area contributed by atoms with Crippen molar-refractivity contribution in [3.63, 3.8) is 0 Å². The van der Waals surface area contributed by atoms with E-state index in [1.165, 1.54) is 6.42 Å². The lowest BCUT2D eigenvalue weighted by Crippen LogP contribution is -2.56. The summed E-state index contributed by atoms with van der Waals surface area (Å²) in [7, 11) is 1.58. The van der Waals surface area contributed by atoms with E-state index in [-0.39, 0.29) is 30.3 Å². The third-order valence-corrected chi connectivity index (χ3v) is 8.43. The van der Waals surface area contributed by atoms with Crippen molar-refractivity contribution in [3.05, 3.63) is 72.3 Å². The normalized spacial score (nSPS) is 29.8. The van der Waals surface area contributed by atoms with Crippen LogP contribution in [0.5, 0.6) is 5.75 Å². The summed E-state index contributed by atoms with van der Waals surface area (Å²) < 4.78 is 11.6. The van der Waals surface area contributed by atoms with Gasteiger partial charge in [-0.1, -0.05) is 61.7 Å². The van der Waals surface area contributed by atoms with Crippen LogP contribution >= 0.6 is 0 Å². The fourth-order valence-corrected chi connectivity index (χ4v) is 6.64. The number of nitrogens with one attached hydrogen (secondary N) is 2. The molecule has 198 valence electrons. The molecule has 5 atom stereocenters. The van der Waals surface area contributed by atoms with E-state index >= 15 is 0 Å². The van der Waals surface area contributed by atoms with Gasteiger partial charge in [-0.05, 0) is 42.7 Å². The fourth-order valence-electron chi connectivity index (χ4n) is 6.64. The van der Waals surface area contributed by atoms with E-state index in [1.54, 1.807) is 36.3 Å². The average molecular weight is 516 g/mol. The fraction of sp³-hybridized carbons (Fsp3) is 0.433. The van der Waals surface area contributed by atoms with Crippen molar-refractivity contribution in [2.75, 3.05) is 12.4 Å². The Hall–Kier alpha value is -3.65. The molecule has 0 radical (unpaired) electrons. The van der Waals surface area contributed by atoms with Gasteiger partial charge in [0.15, 0.2) is 0 Å². The van der Waals surface area contributed by atoms with Gasteiger partial charge in [-0.25, -0.2) is 0 Å². The predicted molar refractivity (Wildman–Crippen MR) is 141 cm³/mol. The van der Waals surface area contributed by atoms with E-state index in [2.05, 4.69) is 10.6 Å². The molecular weight excluding hydrogens is 482 g/mol. The van der Waals surface area contributed by atoms with Crippen molar-refractivity contribution >= 4 is 23.4 Å². The molecule has 3 heterocycles. The van der Waals surface area contributed by atoms with Crippen LogP contribution in [0.15, 0.2) is 66.7 Å². The third kappa shape index (κ3) is 4.17. The zero-order valence-corrected chi connectivity index (χ0v) is 21.5. The average Bonchev–Trinajstić information content (AvgIpc) is 3.58. The second-order valence-corrected chi connectivity index (χ2v) is 10.7. The van der Waals surface area contributed by atoms with E-state index < -0.39 is 29.6 Å². The molecule has 6 rings (SSSR count). The second-order valence-electron chi connectivity index (χ2n) is 10.7. The Morgan fingerprint density at radius 2 is 1.76 bits per heavy atom. The summed E-state index contributed by atoms with van der Waals surface area (Å²) in [5.41, 5.74) is 0.359. The van der Waals surface area contributed by atoms with Gasteiger partial charge in [0.05, 0.1) is 25.0 Å². The number of anilines is 1. The number of likely N-dealkylation sites (tertiary alicyclic amines) is 1. The third-order valence-electron chi connectivity index (χ3n) is 8.43. The number of methoxy groups -OCH3 is 1. The lowest BCUT2D eigenvalue weighted by molar-refractivity contribution is -0.142. The van der Waals surface area contributed by atoms with E-state index in [1.807, 2.05) is 42.5 Å². The molecule has 3 aliphatic heterocycles. The van der Waals surface area contributed by atoms with Crippen LogP contribution in [-0.2, 0) is 25.7 Å². The predicted octanol–water partition coefficient (Wildman–Crippen LogP) is 3.43. The molecule has 0 aromatic heterocycles. The van der Waals surface area contributed by atoms with Gasteiger partial charge in [0.2, 0.25) is 17.7 Å². The largest absolute Gasteiger partial charge is 0.497 e. The minimum atomic E-state index is -1.17. The highest BCUT2D eigenvalue weighted by Gasteiger charge is 2.72. The van der Waals surface area contributed by atoms with Crippen LogP contribution in [0.4, 0.5) is 5.69 Å². The summed E-state index contributed by atoms with van der Waals surface area (Å²) >= 11 is 0. The van der Waals surface area contributed by atoms with Crippen molar-refractivity contribution in [2.24, 2.45) is 11.8 Å². The van der Waals surface area contributed by atoms with Crippen LogP contribution in [0.25, 0.3) is 0 Å². The highest BCUT2D eigenvalue weighted by molar-refractivity contribution is 6.02. The number of fused-ring (bicyclic) bond motifs is 1. The van der Waals surface area contributed by atoms with Crippen molar-refractivity contribution in [1.82, 2.24) is 10.2 Å². The van der Waals surface area contributed by atoms with Crippen LogP contribution in [0.1, 0.15) is 37.7 Å². The zero-order valence-electron chi connectivity index (χ0n) is 21.5. The number of amides is 3. The number of nitrogens with zero attached hydrogens (tertiary/aromatic N) is 1. The Kier molecular flexibility index (Phi) is 6.43. The minimum Gasteiger partial charge on any atom is -0.497 e. The summed E-state index contributed by atoms with van der Waals surface area (Å²) in [6.07, 6.45) is 8.36. The smallest absolute Gasteiger partial charge is 0.246 e. The molecule has 1 aliphatic carbocycles. The lowest BCUT2D eigenvalue weighted by atomic mass is 9.74. The number of carbonyl (C=O) groups excluding carboxylic acids is 3. The Morgan fingerprint density at radius 1 is 1.03 bits per heavy atom. The molecule has 2 saturated heterocycles. The first-order valence-corrected chi connectivity index (χ1v) is 13.5. The van der Waals surface area contributed by atoms with E-state index in [0.717, 1.165) is 31.2 Å². The number of rotatable bonds is 7. The van der Waals surface area contributed by atoms with Crippen molar-refractivity contribution in [2.45, 2.75) is 62.4 Å².